The summed E-state index contributed by atoms with van der Waals surface area (Å²) in [5.74, 6) is -0.327. The van der Waals surface area contributed by atoms with Crippen LogP contribution in [0, 0.1) is 0 Å². The summed E-state index contributed by atoms with van der Waals surface area (Å²) in [6, 6.07) is 11.8. The number of amides is 2. The second-order valence-electron chi connectivity index (χ2n) is 7.36. The molecule has 156 valence electrons. The zero-order valence-electron chi connectivity index (χ0n) is 16.9. The van der Waals surface area contributed by atoms with Crippen molar-refractivity contribution in [3.63, 3.8) is 0 Å². The van der Waals surface area contributed by atoms with Crippen molar-refractivity contribution in [2.24, 2.45) is 0 Å². The van der Waals surface area contributed by atoms with Gasteiger partial charge in [-0.2, -0.15) is 0 Å². The van der Waals surface area contributed by atoms with Gasteiger partial charge in [0.1, 0.15) is 19.2 Å². The van der Waals surface area contributed by atoms with Gasteiger partial charge in [-0.15, -0.1) is 11.3 Å². The fourth-order valence-electron chi connectivity index (χ4n) is 3.61. The Morgan fingerprint density at radius 3 is 2.79 bits per heavy atom. The number of nitrogens with one attached hydrogen (secondary N) is 3. The number of carbonyl (C=O) groups is 2. The van der Waals surface area contributed by atoms with Crippen molar-refractivity contribution in [3.05, 3.63) is 52.2 Å². The molecule has 2 heterocycles. The van der Waals surface area contributed by atoms with Crippen LogP contribution >= 0.6 is 11.3 Å². The maximum atomic E-state index is 12.5. The predicted molar refractivity (Wildman–Crippen MR) is 115 cm³/mol. The van der Waals surface area contributed by atoms with Gasteiger partial charge in [0, 0.05) is 12.3 Å². The molecule has 1 aliphatic rings. The summed E-state index contributed by atoms with van der Waals surface area (Å²) in [6.45, 7) is 4.76. The van der Waals surface area contributed by atoms with E-state index in [0.717, 1.165) is 55.1 Å². The first-order valence-corrected chi connectivity index (χ1v) is 11.1. The van der Waals surface area contributed by atoms with Crippen LogP contribution in [-0.2, 0) is 27.3 Å². The second-order valence-corrected chi connectivity index (χ2v) is 8.39. The number of para-hydroxylation sites is 1. The molecule has 0 radical (unpaired) electrons. The lowest BCUT2D eigenvalue weighted by molar-refractivity contribution is -0.908. The molecule has 2 aromatic rings. The van der Waals surface area contributed by atoms with Crippen LogP contribution in [0.3, 0.4) is 0 Å². The fraction of sp³-hybridized carbons (Fsp3) is 0.455. The van der Waals surface area contributed by atoms with E-state index in [0.29, 0.717) is 6.54 Å². The highest BCUT2D eigenvalue weighted by atomic mass is 32.1. The van der Waals surface area contributed by atoms with E-state index in [9.17, 15) is 9.59 Å². The maximum absolute atomic E-state index is 12.5. The van der Waals surface area contributed by atoms with Crippen LogP contribution in [0.15, 0.2) is 41.8 Å². The number of benzene rings is 1. The summed E-state index contributed by atoms with van der Waals surface area (Å²) in [5.41, 5.74) is 1.88. The highest BCUT2D eigenvalue weighted by molar-refractivity contribution is 7.09. The van der Waals surface area contributed by atoms with Gasteiger partial charge in [0.15, 0.2) is 6.54 Å². The van der Waals surface area contributed by atoms with Crippen LogP contribution in [0.2, 0.25) is 0 Å². The third-order valence-corrected chi connectivity index (χ3v) is 5.95. The van der Waals surface area contributed by atoms with E-state index < -0.39 is 0 Å². The lowest BCUT2D eigenvalue weighted by atomic mass is 10.1. The molecule has 0 aliphatic carbocycles. The molecular weight excluding hydrogens is 386 g/mol. The number of rotatable bonds is 10. The third-order valence-electron chi connectivity index (χ3n) is 5.07. The summed E-state index contributed by atoms with van der Waals surface area (Å²) < 4.78 is 5.76. The molecule has 6 nitrogen and oxygen atoms in total. The van der Waals surface area contributed by atoms with E-state index in [2.05, 4.69) is 22.1 Å². The lowest BCUT2D eigenvalue weighted by Crippen LogP contribution is -3.13. The molecule has 0 bridgehead atoms. The Labute approximate surface area is 176 Å². The molecule has 1 aromatic heterocycles. The van der Waals surface area contributed by atoms with Crippen molar-refractivity contribution >= 4 is 28.8 Å². The molecule has 0 saturated carbocycles. The smallest absolute Gasteiger partial charge is 0.275 e. The Morgan fingerprint density at radius 2 is 2.07 bits per heavy atom. The van der Waals surface area contributed by atoms with Crippen LogP contribution in [0.1, 0.15) is 30.2 Å². The number of thiophene rings is 1. The van der Waals surface area contributed by atoms with Crippen molar-refractivity contribution < 1.29 is 19.2 Å². The quantitative estimate of drug-likeness (QED) is 0.551. The normalized spacial score (nSPS) is 17.1. The SMILES string of the molecule is CCc1ccccc1NC(=O)CNC(=O)C[NH+](Cc1cccs1)C[C@@H]1CCCO1. The van der Waals surface area contributed by atoms with Crippen molar-refractivity contribution in [1.82, 2.24) is 5.32 Å². The van der Waals surface area contributed by atoms with Crippen LogP contribution in [0.25, 0.3) is 0 Å². The molecule has 1 aromatic carbocycles. The topological polar surface area (TPSA) is 71.9 Å². The summed E-state index contributed by atoms with van der Waals surface area (Å²) >= 11 is 1.70. The first kappa shape index (κ1) is 21.5. The number of ether oxygens (including phenoxy) is 1. The van der Waals surface area contributed by atoms with Crippen LogP contribution in [-0.4, -0.2) is 44.2 Å². The Balaban J connectivity index is 1.48. The highest BCUT2D eigenvalue weighted by Gasteiger charge is 2.24. The fourth-order valence-corrected chi connectivity index (χ4v) is 4.38. The van der Waals surface area contributed by atoms with Crippen molar-refractivity contribution in [2.75, 3.05) is 31.6 Å². The first-order chi connectivity index (χ1) is 14.1. The number of anilines is 1. The molecular formula is C22H30N3O3S+. The Hall–Kier alpha value is -2.22. The Morgan fingerprint density at radius 1 is 1.21 bits per heavy atom. The van der Waals surface area contributed by atoms with Gasteiger partial charge in [-0.25, -0.2) is 0 Å². The van der Waals surface area contributed by atoms with Gasteiger partial charge < -0.3 is 20.3 Å². The Bertz CT molecular complexity index is 788. The van der Waals surface area contributed by atoms with E-state index in [1.807, 2.05) is 37.3 Å². The molecule has 1 saturated heterocycles. The molecule has 1 aliphatic heterocycles. The molecule has 0 spiro atoms. The summed E-state index contributed by atoms with van der Waals surface area (Å²) in [6.07, 6.45) is 3.19. The lowest BCUT2D eigenvalue weighted by Gasteiger charge is -2.21. The van der Waals surface area contributed by atoms with Gasteiger partial charge in [0.2, 0.25) is 5.91 Å². The number of quaternary nitrogens is 1. The van der Waals surface area contributed by atoms with Gasteiger partial charge in [-0.3, -0.25) is 9.59 Å². The van der Waals surface area contributed by atoms with Gasteiger partial charge in [0.05, 0.1) is 11.4 Å². The van der Waals surface area contributed by atoms with Crippen molar-refractivity contribution in [3.8, 4) is 0 Å². The third kappa shape index (κ3) is 6.96. The predicted octanol–water partition coefficient (Wildman–Crippen LogP) is 1.63. The van der Waals surface area contributed by atoms with Crippen LogP contribution < -0.4 is 15.5 Å². The van der Waals surface area contributed by atoms with Crippen LogP contribution in [0.5, 0.6) is 0 Å². The maximum Gasteiger partial charge on any atom is 0.275 e. The molecule has 1 fully saturated rings. The summed E-state index contributed by atoms with van der Waals surface area (Å²) in [7, 11) is 0. The molecule has 29 heavy (non-hydrogen) atoms. The summed E-state index contributed by atoms with van der Waals surface area (Å²) in [4.78, 5) is 27.2. The van der Waals surface area contributed by atoms with E-state index >= 15 is 0 Å². The molecule has 3 N–H and O–H groups in total. The first-order valence-electron chi connectivity index (χ1n) is 10.3. The van der Waals surface area contributed by atoms with Gasteiger partial charge in [-0.05, 0) is 42.3 Å². The number of aryl methyl sites for hydroxylation is 1. The minimum absolute atomic E-state index is 0.0247. The van der Waals surface area contributed by atoms with Gasteiger partial charge in [-0.1, -0.05) is 31.2 Å². The van der Waals surface area contributed by atoms with Gasteiger partial charge >= 0.3 is 0 Å². The van der Waals surface area contributed by atoms with Crippen molar-refractivity contribution in [2.45, 2.75) is 38.8 Å². The largest absolute Gasteiger partial charge is 0.372 e. The van der Waals surface area contributed by atoms with E-state index in [-0.39, 0.29) is 24.5 Å². The van der Waals surface area contributed by atoms with Crippen molar-refractivity contribution in [1.29, 1.82) is 0 Å². The van der Waals surface area contributed by atoms with Gasteiger partial charge in [0.25, 0.3) is 5.91 Å². The average molecular weight is 417 g/mol. The average Bonchev–Trinajstić information content (AvgIpc) is 3.41. The number of hydrogen-bond donors (Lipinski definition) is 3. The minimum atomic E-state index is -0.210. The molecule has 3 rings (SSSR count). The molecule has 7 heteroatoms. The molecule has 2 amide bonds. The van der Waals surface area contributed by atoms with E-state index in [4.69, 9.17) is 4.74 Å². The standard InChI is InChI=1S/C22H29N3O3S/c1-2-17-7-3-4-10-20(17)24-21(26)13-23-22(27)16-25(14-18-8-5-11-28-18)15-19-9-6-12-29-19/h3-4,6-7,9-10,12,18H,2,5,8,11,13-16H2,1H3,(H,23,27)(H,24,26)/p+1/t18-/m0/s1. The Kier molecular flexibility index (Phi) is 8.22. The number of hydrogen-bond acceptors (Lipinski definition) is 4. The van der Waals surface area contributed by atoms with E-state index in [1.54, 1.807) is 11.3 Å². The van der Waals surface area contributed by atoms with Crippen LogP contribution in [0.4, 0.5) is 5.69 Å². The zero-order chi connectivity index (χ0) is 20.5. The summed E-state index contributed by atoms with van der Waals surface area (Å²) in [5, 5.41) is 7.71. The molecule has 1 unspecified atom stereocenters. The highest BCUT2D eigenvalue weighted by Crippen LogP contribution is 2.15. The number of carbonyl (C=O) groups excluding carboxylic acids is 2. The second kappa shape index (κ2) is 11.1. The molecule has 2 atom stereocenters. The minimum Gasteiger partial charge on any atom is -0.372 e. The monoisotopic (exact) mass is 416 g/mol. The van der Waals surface area contributed by atoms with E-state index in [1.165, 1.54) is 4.88 Å². The zero-order valence-corrected chi connectivity index (χ0v) is 17.7.